The predicted octanol–water partition coefficient (Wildman–Crippen LogP) is 2.93. The zero-order valence-corrected chi connectivity index (χ0v) is 12.0. The van der Waals surface area contributed by atoms with E-state index in [2.05, 4.69) is 32.2 Å². The number of halogens is 3. The van der Waals surface area contributed by atoms with Crippen LogP contribution in [0.5, 0.6) is 0 Å². The van der Waals surface area contributed by atoms with Crippen molar-refractivity contribution >= 4 is 39.9 Å². The van der Waals surface area contributed by atoms with Crippen molar-refractivity contribution in [2.75, 3.05) is 26.2 Å². The lowest BCUT2D eigenvalue weighted by atomic mass is 10.2. The van der Waals surface area contributed by atoms with Crippen molar-refractivity contribution in [3.8, 4) is 0 Å². The van der Waals surface area contributed by atoms with Gasteiger partial charge >= 0.3 is 0 Å². The summed E-state index contributed by atoms with van der Waals surface area (Å²) in [6.45, 7) is 5.31. The molecule has 16 heavy (non-hydrogen) atoms. The molecule has 1 fully saturated rings. The largest absolute Gasteiger partial charge is 0.314 e. The van der Waals surface area contributed by atoms with Crippen LogP contribution in [0.3, 0.4) is 0 Å². The van der Waals surface area contributed by atoms with Crippen LogP contribution in [-0.4, -0.2) is 31.1 Å². The highest BCUT2D eigenvalue weighted by atomic mass is 79.9. The Hall–Kier alpha value is 0.200. The third kappa shape index (κ3) is 3.90. The smallest absolute Gasteiger partial charge is 0.0462 e. The Morgan fingerprint density at radius 3 is 2.62 bits per heavy atom. The fourth-order valence-electron chi connectivity index (χ4n) is 1.76. The quantitative estimate of drug-likeness (QED) is 0.899. The van der Waals surface area contributed by atoms with Crippen LogP contribution in [0.15, 0.2) is 22.7 Å². The number of hydrogen-bond acceptors (Lipinski definition) is 2. The average molecular weight is 326 g/mol. The minimum Gasteiger partial charge on any atom is -0.314 e. The van der Waals surface area contributed by atoms with E-state index in [1.807, 2.05) is 12.1 Å². The highest BCUT2D eigenvalue weighted by molar-refractivity contribution is 9.10. The van der Waals surface area contributed by atoms with Gasteiger partial charge in [0.1, 0.15) is 0 Å². The van der Waals surface area contributed by atoms with E-state index >= 15 is 0 Å². The first kappa shape index (κ1) is 14.3. The minimum absolute atomic E-state index is 0. The number of piperazine rings is 1. The van der Waals surface area contributed by atoms with Gasteiger partial charge in [-0.05, 0) is 17.7 Å². The summed E-state index contributed by atoms with van der Waals surface area (Å²) in [5, 5.41) is 4.19. The molecule has 0 amide bonds. The molecule has 0 aliphatic carbocycles. The SMILES string of the molecule is Cl.Clc1cc(Br)ccc1CN1CCNCC1. The molecule has 1 aromatic rings. The number of benzene rings is 1. The Balaban J connectivity index is 0.00000128. The monoisotopic (exact) mass is 324 g/mol. The van der Waals surface area contributed by atoms with Crippen LogP contribution in [0.1, 0.15) is 5.56 Å². The molecule has 1 N–H and O–H groups in total. The Labute approximate surface area is 116 Å². The first-order valence-corrected chi connectivity index (χ1v) is 6.30. The number of rotatable bonds is 2. The fraction of sp³-hybridized carbons (Fsp3) is 0.455. The van der Waals surface area contributed by atoms with E-state index < -0.39 is 0 Å². The lowest BCUT2D eigenvalue weighted by Gasteiger charge is -2.27. The molecule has 1 aliphatic rings. The molecule has 0 radical (unpaired) electrons. The fourth-order valence-corrected chi connectivity index (χ4v) is 2.49. The van der Waals surface area contributed by atoms with E-state index in [0.717, 1.165) is 42.2 Å². The van der Waals surface area contributed by atoms with Crippen LogP contribution in [0.25, 0.3) is 0 Å². The van der Waals surface area contributed by atoms with Crippen molar-refractivity contribution in [2.24, 2.45) is 0 Å². The van der Waals surface area contributed by atoms with Crippen LogP contribution in [0, 0.1) is 0 Å². The Bertz CT molecular complexity index is 341. The van der Waals surface area contributed by atoms with E-state index in [4.69, 9.17) is 11.6 Å². The van der Waals surface area contributed by atoms with Crippen LogP contribution in [-0.2, 0) is 6.54 Å². The summed E-state index contributed by atoms with van der Waals surface area (Å²) in [6.07, 6.45) is 0. The second kappa shape index (κ2) is 6.82. The maximum atomic E-state index is 6.18. The normalized spacial score (nSPS) is 16.9. The van der Waals surface area contributed by atoms with Crippen LogP contribution in [0.2, 0.25) is 5.02 Å². The summed E-state index contributed by atoms with van der Waals surface area (Å²) in [6, 6.07) is 6.09. The van der Waals surface area contributed by atoms with E-state index in [0.29, 0.717) is 0 Å². The molecule has 1 aromatic carbocycles. The molecule has 90 valence electrons. The first-order valence-electron chi connectivity index (χ1n) is 5.13. The van der Waals surface area contributed by atoms with Gasteiger partial charge in [-0.2, -0.15) is 0 Å². The van der Waals surface area contributed by atoms with Gasteiger partial charge in [-0.3, -0.25) is 4.90 Å². The molecule has 1 heterocycles. The van der Waals surface area contributed by atoms with Crippen molar-refractivity contribution < 1.29 is 0 Å². The van der Waals surface area contributed by atoms with E-state index in [1.54, 1.807) is 0 Å². The number of nitrogens with zero attached hydrogens (tertiary/aromatic N) is 1. The molecule has 1 saturated heterocycles. The maximum Gasteiger partial charge on any atom is 0.0462 e. The van der Waals surface area contributed by atoms with Gasteiger partial charge in [-0.1, -0.05) is 33.6 Å². The molecule has 0 spiro atoms. The molecule has 0 saturated carbocycles. The van der Waals surface area contributed by atoms with Crippen molar-refractivity contribution in [1.29, 1.82) is 0 Å². The summed E-state index contributed by atoms with van der Waals surface area (Å²) in [4.78, 5) is 2.42. The molecule has 0 aromatic heterocycles. The maximum absolute atomic E-state index is 6.18. The van der Waals surface area contributed by atoms with Gasteiger partial charge < -0.3 is 5.32 Å². The molecule has 0 bridgehead atoms. The molecule has 5 heteroatoms. The minimum atomic E-state index is 0. The van der Waals surface area contributed by atoms with Crippen LogP contribution in [0.4, 0.5) is 0 Å². The Morgan fingerprint density at radius 2 is 2.00 bits per heavy atom. The standard InChI is InChI=1S/C11H14BrClN2.ClH/c12-10-2-1-9(11(13)7-10)8-15-5-3-14-4-6-15;/h1-2,7,14H,3-6,8H2;1H. The van der Waals surface area contributed by atoms with E-state index in [1.165, 1.54) is 5.56 Å². The lowest BCUT2D eigenvalue weighted by molar-refractivity contribution is 0.233. The third-order valence-corrected chi connectivity index (χ3v) is 3.46. The van der Waals surface area contributed by atoms with Gasteiger partial charge in [0, 0.05) is 42.2 Å². The number of hydrogen-bond donors (Lipinski definition) is 1. The second-order valence-corrected chi connectivity index (χ2v) is 5.08. The summed E-state index contributed by atoms with van der Waals surface area (Å²) in [7, 11) is 0. The van der Waals surface area contributed by atoms with Gasteiger partial charge in [0.25, 0.3) is 0 Å². The Morgan fingerprint density at radius 1 is 1.31 bits per heavy atom. The van der Waals surface area contributed by atoms with Crippen molar-refractivity contribution in [3.63, 3.8) is 0 Å². The number of nitrogens with one attached hydrogen (secondary N) is 1. The van der Waals surface area contributed by atoms with Crippen molar-refractivity contribution in [3.05, 3.63) is 33.3 Å². The van der Waals surface area contributed by atoms with E-state index in [9.17, 15) is 0 Å². The molecular weight excluding hydrogens is 311 g/mol. The average Bonchev–Trinajstić information content (AvgIpc) is 2.24. The molecule has 2 nitrogen and oxygen atoms in total. The molecule has 0 atom stereocenters. The first-order chi connectivity index (χ1) is 7.25. The summed E-state index contributed by atoms with van der Waals surface area (Å²) in [5.41, 5.74) is 1.21. The summed E-state index contributed by atoms with van der Waals surface area (Å²) < 4.78 is 1.04. The van der Waals surface area contributed by atoms with Crippen molar-refractivity contribution in [1.82, 2.24) is 10.2 Å². The highest BCUT2D eigenvalue weighted by Crippen LogP contribution is 2.22. The van der Waals surface area contributed by atoms with Crippen LogP contribution < -0.4 is 5.32 Å². The molecule has 0 unspecified atom stereocenters. The van der Waals surface area contributed by atoms with Gasteiger partial charge in [0.2, 0.25) is 0 Å². The highest BCUT2D eigenvalue weighted by Gasteiger charge is 2.11. The molecule has 1 aliphatic heterocycles. The zero-order chi connectivity index (χ0) is 10.7. The van der Waals surface area contributed by atoms with Crippen molar-refractivity contribution in [2.45, 2.75) is 6.54 Å². The second-order valence-electron chi connectivity index (χ2n) is 3.76. The van der Waals surface area contributed by atoms with Gasteiger partial charge in [0.15, 0.2) is 0 Å². The van der Waals surface area contributed by atoms with E-state index in [-0.39, 0.29) is 12.4 Å². The molecular formula is C11H15BrCl2N2. The van der Waals surface area contributed by atoms with Gasteiger partial charge in [0.05, 0.1) is 0 Å². The van der Waals surface area contributed by atoms with Gasteiger partial charge in [-0.25, -0.2) is 0 Å². The topological polar surface area (TPSA) is 15.3 Å². The third-order valence-electron chi connectivity index (χ3n) is 2.62. The molecule has 2 rings (SSSR count). The zero-order valence-electron chi connectivity index (χ0n) is 8.88. The van der Waals surface area contributed by atoms with Gasteiger partial charge in [-0.15, -0.1) is 12.4 Å². The summed E-state index contributed by atoms with van der Waals surface area (Å²) in [5.74, 6) is 0. The lowest BCUT2D eigenvalue weighted by Crippen LogP contribution is -2.42. The Kier molecular flexibility index (Phi) is 6.08. The predicted molar refractivity (Wildman–Crippen MR) is 74.5 cm³/mol. The van der Waals surface area contributed by atoms with Crippen LogP contribution >= 0.6 is 39.9 Å². The summed E-state index contributed by atoms with van der Waals surface area (Å²) >= 11 is 9.59.